The van der Waals surface area contributed by atoms with Crippen LogP contribution in [-0.4, -0.2) is 45.3 Å². The van der Waals surface area contributed by atoms with Crippen molar-refractivity contribution in [3.8, 4) is 6.07 Å². The lowest BCUT2D eigenvalue weighted by molar-refractivity contribution is 0.119. The highest BCUT2D eigenvalue weighted by Gasteiger charge is 1.99. The molecule has 98 valence electrons. The molecule has 0 spiro atoms. The van der Waals surface area contributed by atoms with E-state index in [0.717, 1.165) is 30.8 Å². The maximum atomic E-state index is 8.94. The molecule has 1 rings (SSSR count). The number of nitriles is 1. The van der Waals surface area contributed by atoms with Gasteiger partial charge in [-0.2, -0.15) is 5.26 Å². The summed E-state index contributed by atoms with van der Waals surface area (Å²) in [5.41, 5.74) is 1.77. The predicted molar refractivity (Wildman–Crippen MR) is 72.2 cm³/mol. The second-order valence-corrected chi connectivity index (χ2v) is 4.36. The Bertz CT molecular complexity index is 385. The number of hydrogen-bond donors (Lipinski definition) is 1. The Morgan fingerprint density at radius 1 is 1.28 bits per heavy atom. The summed E-state index contributed by atoms with van der Waals surface area (Å²) in [6, 6.07) is 9.83. The van der Waals surface area contributed by atoms with Crippen LogP contribution in [0.3, 0.4) is 0 Å². The van der Waals surface area contributed by atoms with Crippen molar-refractivity contribution in [2.45, 2.75) is 6.54 Å². The number of likely N-dealkylation sites (N-methyl/N-ethyl adjacent to an activating group) is 1. The summed E-state index contributed by atoms with van der Waals surface area (Å²) in [5, 5.41) is 12.2. The first-order valence-electron chi connectivity index (χ1n) is 6.15. The van der Waals surface area contributed by atoms with Crippen LogP contribution in [0, 0.1) is 11.3 Å². The normalized spacial score (nSPS) is 10.6. The molecule has 0 aromatic heterocycles. The Hall–Kier alpha value is -1.41. The van der Waals surface area contributed by atoms with Gasteiger partial charge in [-0.15, -0.1) is 0 Å². The molecule has 0 radical (unpaired) electrons. The summed E-state index contributed by atoms with van der Waals surface area (Å²) in [6.45, 7) is 3.90. The Labute approximate surface area is 109 Å². The van der Waals surface area contributed by atoms with Crippen LogP contribution in [0.15, 0.2) is 24.3 Å². The zero-order chi connectivity index (χ0) is 13.2. The molecule has 0 fully saturated rings. The predicted octanol–water partition coefficient (Wildman–Crippen LogP) is 1.23. The number of hydrogen-bond acceptors (Lipinski definition) is 4. The van der Waals surface area contributed by atoms with Crippen molar-refractivity contribution in [3.63, 3.8) is 0 Å². The van der Waals surface area contributed by atoms with Gasteiger partial charge in [0.15, 0.2) is 0 Å². The van der Waals surface area contributed by atoms with Crippen molar-refractivity contribution in [1.82, 2.24) is 10.2 Å². The lowest BCUT2D eigenvalue weighted by Gasteiger charge is -2.10. The van der Waals surface area contributed by atoms with E-state index in [9.17, 15) is 0 Å². The van der Waals surface area contributed by atoms with Gasteiger partial charge in [0, 0.05) is 19.6 Å². The van der Waals surface area contributed by atoms with Crippen molar-refractivity contribution in [3.05, 3.63) is 35.4 Å². The van der Waals surface area contributed by atoms with Crippen LogP contribution in [0.25, 0.3) is 0 Å². The van der Waals surface area contributed by atoms with Gasteiger partial charge in [0.1, 0.15) is 0 Å². The molecule has 0 aliphatic heterocycles. The zero-order valence-corrected chi connectivity index (χ0v) is 11.1. The third kappa shape index (κ3) is 5.78. The van der Waals surface area contributed by atoms with Gasteiger partial charge in [0.05, 0.1) is 24.8 Å². The fourth-order valence-corrected chi connectivity index (χ4v) is 1.50. The van der Waals surface area contributed by atoms with Crippen molar-refractivity contribution in [2.24, 2.45) is 0 Å². The molecular weight excluding hydrogens is 226 g/mol. The first-order chi connectivity index (χ1) is 8.74. The minimum Gasteiger partial charge on any atom is -0.379 e. The van der Waals surface area contributed by atoms with Crippen LogP contribution in [0.1, 0.15) is 11.1 Å². The number of nitrogens with zero attached hydrogens (tertiary/aromatic N) is 2. The van der Waals surface area contributed by atoms with Crippen molar-refractivity contribution in [1.29, 1.82) is 5.26 Å². The molecular formula is C14H21N3O. The fraction of sp³-hybridized carbons (Fsp3) is 0.500. The molecule has 4 heteroatoms. The molecule has 1 N–H and O–H groups in total. The van der Waals surface area contributed by atoms with E-state index in [2.05, 4.69) is 16.3 Å². The second kappa shape index (κ2) is 8.65. The SMILES string of the molecule is CN(C)CCOCCNCc1ccccc1C#N. The number of benzene rings is 1. The molecule has 0 aliphatic rings. The van der Waals surface area contributed by atoms with Crippen LogP contribution in [0.5, 0.6) is 0 Å². The molecule has 0 bridgehead atoms. The second-order valence-electron chi connectivity index (χ2n) is 4.36. The van der Waals surface area contributed by atoms with Gasteiger partial charge in [-0.1, -0.05) is 18.2 Å². The maximum Gasteiger partial charge on any atom is 0.0995 e. The summed E-state index contributed by atoms with van der Waals surface area (Å²) < 4.78 is 5.47. The van der Waals surface area contributed by atoms with E-state index in [1.54, 1.807) is 0 Å². The monoisotopic (exact) mass is 247 g/mol. The molecule has 0 saturated carbocycles. The van der Waals surface area contributed by atoms with Crippen LogP contribution >= 0.6 is 0 Å². The van der Waals surface area contributed by atoms with E-state index in [1.807, 2.05) is 38.4 Å². The third-order valence-electron chi connectivity index (χ3n) is 2.56. The topological polar surface area (TPSA) is 48.3 Å². The molecule has 18 heavy (non-hydrogen) atoms. The van der Waals surface area contributed by atoms with Gasteiger partial charge in [0.2, 0.25) is 0 Å². The Balaban J connectivity index is 2.13. The van der Waals surface area contributed by atoms with E-state index < -0.39 is 0 Å². The molecule has 1 aromatic carbocycles. The molecule has 1 aromatic rings. The summed E-state index contributed by atoms with van der Waals surface area (Å²) in [6.07, 6.45) is 0. The van der Waals surface area contributed by atoms with Gasteiger partial charge in [-0.25, -0.2) is 0 Å². The van der Waals surface area contributed by atoms with Gasteiger partial charge < -0.3 is 15.0 Å². The molecule has 4 nitrogen and oxygen atoms in total. The van der Waals surface area contributed by atoms with E-state index >= 15 is 0 Å². The van der Waals surface area contributed by atoms with E-state index in [4.69, 9.17) is 10.00 Å². The lowest BCUT2D eigenvalue weighted by Crippen LogP contribution is -2.23. The smallest absolute Gasteiger partial charge is 0.0995 e. The molecule has 0 aliphatic carbocycles. The molecule has 0 unspecified atom stereocenters. The molecule has 0 saturated heterocycles. The minimum absolute atomic E-state index is 0.697. The first-order valence-corrected chi connectivity index (χ1v) is 6.15. The van der Waals surface area contributed by atoms with E-state index in [-0.39, 0.29) is 0 Å². The van der Waals surface area contributed by atoms with Crippen molar-refractivity contribution >= 4 is 0 Å². The quantitative estimate of drug-likeness (QED) is 0.702. The van der Waals surface area contributed by atoms with Gasteiger partial charge in [0.25, 0.3) is 0 Å². The molecule has 0 atom stereocenters. The summed E-state index contributed by atoms with van der Waals surface area (Å²) in [7, 11) is 4.06. The van der Waals surface area contributed by atoms with Crippen LogP contribution in [0.4, 0.5) is 0 Å². The number of rotatable bonds is 8. The highest BCUT2D eigenvalue weighted by atomic mass is 16.5. The minimum atomic E-state index is 0.697. The van der Waals surface area contributed by atoms with Crippen molar-refractivity contribution in [2.75, 3.05) is 40.4 Å². The van der Waals surface area contributed by atoms with Gasteiger partial charge in [-0.05, 0) is 25.7 Å². The lowest BCUT2D eigenvalue weighted by atomic mass is 10.1. The van der Waals surface area contributed by atoms with E-state index in [1.165, 1.54) is 0 Å². The average Bonchev–Trinajstić information content (AvgIpc) is 2.37. The largest absolute Gasteiger partial charge is 0.379 e. The highest BCUT2D eigenvalue weighted by Crippen LogP contribution is 2.06. The highest BCUT2D eigenvalue weighted by molar-refractivity contribution is 5.37. The van der Waals surface area contributed by atoms with Crippen molar-refractivity contribution < 1.29 is 4.74 Å². The van der Waals surface area contributed by atoms with Gasteiger partial charge >= 0.3 is 0 Å². The number of nitrogens with one attached hydrogen (secondary N) is 1. The summed E-state index contributed by atoms with van der Waals surface area (Å²) in [4.78, 5) is 2.09. The van der Waals surface area contributed by atoms with E-state index in [0.29, 0.717) is 13.2 Å². The molecule has 0 heterocycles. The van der Waals surface area contributed by atoms with Gasteiger partial charge in [-0.3, -0.25) is 0 Å². The zero-order valence-electron chi connectivity index (χ0n) is 11.1. The Morgan fingerprint density at radius 2 is 2.06 bits per heavy atom. The van der Waals surface area contributed by atoms with Crippen LogP contribution < -0.4 is 5.32 Å². The summed E-state index contributed by atoms with van der Waals surface area (Å²) >= 11 is 0. The Kier molecular flexibility index (Phi) is 7.04. The third-order valence-corrected chi connectivity index (χ3v) is 2.56. The Morgan fingerprint density at radius 3 is 2.78 bits per heavy atom. The number of ether oxygens (including phenoxy) is 1. The summed E-state index contributed by atoms with van der Waals surface area (Å²) in [5.74, 6) is 0. The van der Waals surface area contributed by atoms with Crippen LogP contribution in [-0.2, 0) is 11.3 Å². The fourth-order valence-electron chi connectivity index (χ4n) is 1.50. The maximum absolute atomic E-state index is 8.94. The standard InChI is InChI=1S/C14H21N3O/c1-17(2)8-10-18-9-7-16-12-14-6-4-3-5-13(14)11-15/h3-6,16H,7-10,12H2,1-2H3. The average molecular weight is 247 g/mol. The first kappa shape index (κ1) is 14.7. The molecule has 0 amide bonds. The van der Waals surface area contributed by atoms with Crippen LogP contribution in [0.2, 0.25) is 0 Å².